The van der Waals surface area contributed by atoms with Crippen LogP contribution in [-0.2, 0) is 9.59 Å². The molecule has 0 bridgehead atoms. The molecule has 2 N–H and O–H groups in total. The largest absolute Gasteiger partial charge is 0.369 e. The van der Waals surface area contributed by atoms with Crippen LogP contribution in [0.15, 0.2) is 66.9 Å². The lowest BCUT2D eigenvalue weighted by atomic mass is 9.96. The Morgan fingerprint density at radius 3 is 2.35 bits per heavy atom. The first-order valence-electron chi connectivity index (χ1n) is 10.2. The van der Waals surface area contributed by atoms with Crippen molar-refractivity contribution in [1.82, 2.24) is 14.7 Å². The molecule has 0 unspecified atom stereocenters. The quantitative estimate of drug-likeness (QED) is 0.618. The summed E-state index contributed by atoms with van der Waals surface area (Å²) in [6.07, 6.45) is 6.48. The Morgan fingerprint density at radius 1 is 1.03 bits per heavy atom. The second-order valence-electron chi connectivity index (χ2n) is 7.56. The van der Waals surface area contributed by atoms with E-state index in [9.17, 15) is 9.59 Å². The van der Waals surface area contributed by atoms with Crippen LogP contribution in [0.25, 0.3) is 23.0 Å². The van der Waals surface area contributed by atoms with Crippen LogP contribution in [0.3, 0.4) is 0 Å². The monoisotopic (exact) mass is 434 g/mol. The second-order valence-corrected chi connectivity index (χ2v) is 7.99. The topological polar surface area (TPSA) is 81.2 Å². The number of amides is 2. The summed E-state index contributed by atoms with van der Waals surface area (Å²) in [6, 6.07) is 17.3. The van der Waals surface area contributed by atoms with Crippen LogP contribution in [0.4, 0.5) is 0 Å². The Balaban J connectivity index is 1.59. The number of carbonyl (C=O) groups is 2. The van der Waals surface area contributed by atoms with Gasteiger partial charge < -0.3 is 10.6 Å². The number of nitrogens with zero attached hydrogens (tertiary/aromatic N) is 3. The molecule has 4 rings (SSSR count). The summed E-state index contributed by atoms with van der Waals surface area (Å²) in [4.78, 5) is 25.8. The molecule has 0 radical (unpaired) electrons. The first kappa shape index (κ1) is 20.9. The van der Waals surface area contributed by atoms with E-state index >= 15 is 0 Å². The average molecular weight is 435 g/mol. The number of primary amides is 1. The Bertz CT molecular complexity index is 1100. The van der Waals surface area contributed by atoms with Crippen LogP contribution in [-0.4, -0.2) is 39.6 Å². The van der Waals surface area contributed by atoms with Crippen LogP contribution >= 0.6 is 11.6 Å². The van der Waals surface area contributed by atoms with Gasteiger partial charge in [0.05, 0.1) is 11.4 Å². The first-order valence-corrected chi connectivity index (χ1v) is 10.6. The van der Waals surface area contributed by atoms with E-state index in [2.05, 4.69) is 0 Å². The number of aromatic nitrogens is 2. The van der Waals surface area contributed by atoms with Crippen molar-refractivity contribution < 1.29 is 9.59 Å². The van der Waals surface area contributed by atoms with Gasteiger partial charge in [0.2, 0.25) is 11.8 Å². The SMILES string of the molecule is NC(=O)C1CCN(C(=O)/C=C/c2cn(-c3ccccc3)nc2-c2ccc(Cl)cc2)CC1. The third kappa shape index (κ3) is 4.86. The van der Waals surface area contributed by atoms with Crippen molar-refractivity contribution in [2.45, 2.75) is 12.8 Å². The molecule has 0 saturated carbocycles. The standard InChI is InChI=1S/C24H23ClN4O2/c25-20-9-6-17(7-10-20)23-19(16-29(27-23)21-4-2-1-3-5-21)8-11-22(30)28-14-12-18(13-15-28)24(26)31/h1-11,16,18H,12-15H2,(H2,26,31)/b11-8+. The smallest absolute Gasteiger partial charge is 0.246 e. The molecule has 3 aromatic rings. The van der Waals surface area contributed by atoms with E-state index < -0.39 is 0 Å². The van der Waals surface area contributed by atoms with E-state index in [1.165, 1.54) is 0 Å². The lowest BCUT2D eigenvalue weighted by Gasteiger charge is -2.29. The van der Waals surface area contributed by atoms with Gasteiger partial charge in [-0.3, -0.25) is 9.59 Å². The Hall–Kier alpha value is -3.38. The predicted molar refractivity (Wildman–Crippen MR) is 122 cm³/mol. The number of benzene rings is 2. The van der Waals surface area contributed by atoms with Crippen molar-refractivity contribution >= 4 is 29.5 Å². The van der Waals surface area contributed by atoms with Crippen molar-refractivity contribution in [3.05, 3.63) is 77.5 Å². The number of rotatable bonds is 5. The molecule has 2 aromatic carbocycles. The maximum atomic E-state index is 12.7. The molecule has 0 spiro atoms. The van der Waals surface area contributed by atoms with Crippen molar-refractivity contribution in [1.29, 1.82) is 0 Å². The molecule has 6 nitrogen and oxygen atoms in total. The van der Waals surface area contributed by atoms with Crippen LogP contribution in [0.1, 0.15) is 18.4 Å². The van der Waals surface area contributed by atoms with E-state index in [1.54, 1.807) is 21.7 Å². The summed E-state index contributed by atoms with van der Waals surface area (Å²) < 4.78 is 1.80. The molecule has 0 aliphatic carbocycles. The minimum atomic E-state index is -0.288. The third-order valence-electron chi connectivity index (χ3n) is 5.50. The van der Waals surface area contributed by atoms with Crippen molar-refractivity contribution in [2.24, 2.45) is 11.7 Å². The van der Waals surface area contributed by atoms with Gasteiger partial charge in [0.15, 0.2) is 0 Å². The highest BCUT2D eigenvalue weighted by Crippen LogP contribution is 2.26. The normalized spacial score (nSPS) is 14.8. The summed E-state index contributed by atoms with van der Waals surface area (Å²) in [5.74, 6) is -0.519. The van der Waals surface area contributed by atoms with Crippen LogP contribution < -0.4 is 5.73 Å². The zero-order valence-electron chi connectivity index (χ0n) is 16.9. The number of likely N-dealkylation sites (tertiary alicyclic amines) is 1. The number of carbonyl (C=O) groups excluding carboxylic acids is 2. The van der Waals surface area contributed by atoms with E-state index in [1.807, 2.05) is 60.8 Å². The van der Waals surface area contributed by atoms with Gasteiger partial charge in [0.1, 0.15) is 0 Å². The third-order valence-corrected chi connectivity index (χ3v) is 5.75. The van der Waals surface area contributed by atoms with Crippen molar-refractivity contribution in [3.63, 3.8) is 0 Å². The molecule has 1 aliphatic heterocycles. The fourth-order valence-corrected chi connectivity index (χ4v) is 3.83. The molecule has 0 atom stereocenters. The number of hydrogen-bond acceptors (Lipinski definition) is 3. The van der Waals surface area contributed by atoms with Gasteiger partial charge in [-0.2, -0.15) is 5.10 Å². The molecule has 1 aliphatic rings. The highest BCUT2D eigenvalue weighted by molar-refractivity contribution is 6.30. The van der Waals surface area contributed by atoms with Gasteiger partial charge in [0.25, 0.3) is 0 Å². The van der Waals surface area contributed by atoms with Crippen LogP contribution in [0.5, 0.6) is 0 Å². The van der Waals surface area contributed by atoms with Crippen molar-refractivity contribution in [2.75, 3.05) is 13.1 Å². The van der Waals surface area contributed by atoms with Crippen LogP contribution in [0, 0.1) is 5.92 Å². The maximum Gasteiger partial charge on any atom is 0.246 e. The number of nitrogens with two attached hydrogens (primary N) is 1. The second kappa shape index (κ2) is 9.18. The molecule has 2 amide bonds. The summed E-state index contributed by atoms with van der Waals surface area (Å²) in [5, 5.41) is 5.40. The predicted octanol–water partition coefficient (Wildman–Crippen LogP) is 3.93. The highest BCUT2D eigenvalue weighted by atomic mass is 35.5. The Kier molecular flexibility index (Phi) is 6.18. The summed E-state index contributed by atoms with van der Waals surface area (Å²) >= 11 is 6.04. The van der Waals surface area contributed by atoms with E-state index in [0.29, 0.717) is 31.0 Å². The molecule has 158 valence electrons. The zero-order valence-corrected chi connectivity index (χ0v) is 17.7. The van der Waals surface area contributed by atoms with Crippen LogP contribution in [0.2, 0.25) is 5.02 Å². The lowest BCUT2D eigenvalue weighted by molar-refractivity contribution is -0.130. The molecule has 31 heavy (non-hydrogen) atoms. The summed E-state index contributed by atoms with van der Waals surface area (Å²) in [5.41, 5.74) is 8.81. The van der Waals surface area contributed by atoms with Crippen molar-refractivity contribution in [3.8, 4) is 16.9 Å². The van der Waals surface area contributed by atoms with Gasteiger partial charge in [-0.1, -0.05) is 41.9 Å². The Labute approximate surface area is 185 Å². The molecular weight excluding hydrogens is 412 g/mol. The highest BCUT2D eigenvalue weighted by Gasteiger charge is 2.24. The number of para-hydroxylation sites is 1. The fourth-order valence-electron chi connectivity index (χ4n) is 3.71. The van der Waals surface area contributed by atoms with E-state index in [0.717, 1.165) is 22.5 Å². The minimum Gasteiger partial charge on any atom is -0.369 e. The molecule has 1 fully saturated rings. The van der Waals surface area contributed by atoms with E-state index in [4.69, 9.17) is 22.4 Å². The zero-order chi connectivity index (χ0) is 21.8. The Morgan fingerprint density at radius 2 is 1.71 bits per heavy atom. The van der Waals surface area contributed by atoms with Gasteiger partial charge in [-0.15, -0.1) is 0 Å². The summed E-state index contributed by atoms with van der Waals surface area (Å²) in [7, 11) is 0. The molecule has 1 saturated heterocycles. The molecular formula is C24H23ClN4O2. The average Bonchev–Trinajstić information content (AvgIpc) is 3.23. The molecule has 1 aromatic heterocycles. The maximum absolute atomic E-state index is 12.7. The fraction of sp³-hybridized carbons (Fsp3) is 0.208. The number of halogens is 1. The minimum absolute atomic E-state index is 0.0857. The van der Waals surface area contributed by atoms with Gasteiger partial charge in [-0.05, 0) is 43.2 Å². The first-order chi connectivity index (χ1) is 15.0. The number of hydrogen-bond donors (Lipinski definition) is 1. The van der Waals surface area contributed by atoms with E-state index in [-0.39, 0.29) is 17.7 Å². The number of piperidine rings is 1. The molecule has 2 heterocycles. The van der Waals surface area contributed by atoms with Gasteiger partial charge in [-0.25, -0.2) is 4.68 Å². The summed E-state index contributed by atoms with van der Waals surface area (Å²) in [6.45, 7) is 1.06. The lowest BCUT2D eigenvalue weighted by Crippen LogP contribution is -2.41. The van der Waals surface area contributed by atoms with Gasteiger partial charge in [0, 0.05) is 47.4 Å². The molecule has 7 heteroatoms. The van der Waals surface area contributed by atoms with Gasteiger partial charge >= 0.3 is 0 Å².